The number of carbonyl (C=O) groups excluding carboxylic acids is 2. The highest BCUT2D eigenvalue weighted by molar-refractivity contribution is 6.03. The summed E-state index contributed by atoms with van der Waals surface area (Å²) in [6.45, 7) is 12.3. The number of rotatable bonds is 4. The van der Waals surface area contributed by atoms with Crippen molar-refractivity contribution in [2.75, 3.05) is 10.6 Å². The highest BCUT2D eigenvalue weighted by Crippen LogP contribution is 2.44. The zero-order valence-corrected chi connectivity index (χ0v) is 17.6. The van der Waals surface area contributed by atoms with E-state index in [4.69, 9.17) is 5.73 Å². The molecule has 2 amide bonds. The molecule has 0 unspecified atom stereocenters. The Morgan fingerprint density at radius 1 is 1.29 bits per heavy atom. The van der Waals surface area contributed by atoms with Crippen LogP contribution >= 0.6 is 0 Å². The molecule has 7 heteroatoms. The molecule has 2 heterocycles. The SMILES string of the molecule is C[C@H]1CC[C@@H](Nc2c(C(N)=O)cnn3cc(NC(=O)C(C)(C)C)cc23)C1(C)C. The van der Waals surface area contributed by atoms with E-state index in [1.807, 2.05) is 26.8 Å². The van der Waals surface area contributed by atoms with E-state index in [2.05, 4.69) is 36.5 Å². The van der Waals surface area contributed by atoms with Crippen LogP contribution in [0.2, 0.25) is 0 Å². The van der Waals surface area contributed by atoms with Crippen LogP contribution in [0.25, 0.3) is 5.52 Å². The van der Waals surface area contributed by atoms with Gasteiger partial charge < -0.3 is 16.4 Å². The lowest BCUT2D eigenvalue weighted by molar-refractivity contribution is -0.123. The van der Waals surface area contributed by atoms with Gasteiger partial charge in [-0.15, -0.1) is 0 Å². The summed E-state index contributed by atoms with van der Waals surface area (Å²) in [5.41, 5.74) is 7.58. The van der Waals surface area contributed by atoms with Crippen LogP contribution < -0.4 is 16.4 Å². The van der Waals surface area contributed by atoms with Gasteiger partial charge in [0.05, 0.1) is 34.8 Å². The third kappa shape index (κ3) is 3.57. The summed E-state index contributed by atoms with van der Waals surface area (Å²) >= 11 is 0. The number of hydrogen-bond acceptors (Lipinski definition) is 4. The molecule has 1 aliphatic carbocycles. The third-order valence-corrected chi connectivity index (χ3v) is 6.22. The molecule has 4 N–H and O–H groups in total. The standard InChI is InChI=1S/C21H31N5O2/c1-12-7-8-16(21(12,5)6)25-17-14(18(22)27)10-23-26-11-13(9-15(17)26)24-19(28)20(2,3)4/h9-12,16,25H,7-8H2,1-6H3,(H2,22,27)(H,24,28)/t12-,16+/m0/s1. The number of amides is 2. The highest BCUT2D eigenvalue weighted by Gasteiger charge is 2.41. The number of fused-ring (bicyclic) bond motifs is 1. The van der Waals surface area contributed by atoms with Gasteiger partial charge in [0.15, 0.2) is 0 Å². The van der Waals surface area contributed by atoms with E-state index in [-0.39, 0.29) is 17.4 Å². The lowest BCUT2D eigenvalue weighted by atomic mass is 9.80. The Hall–Kier alpha value is -2.57. The Morgan fingerprint density at radius 2 is 1.96 bits per heavy atom. The molecule has 0 aliphatic heterocycles. The van der Waals surface area contributed by atoms with E-state index < -0.39 is 11.3 Å². The van der Waals surface area contributed by atoms with E-state index in [1.54, 1.807) is 10.7 Å². The van der Waals surface area contributed by atoms with Gasteiger partial charge in [-0.1, -0.05) is 41.5 Å². The Labute approximate surface area is 166 Å². The minimum absolute atomic E-state index is 0.0845. The first kappa shape index (κ1) is 20.2. The molecule has 2 aromatic heterocycles. The first-order valence-electron chi connectivity index (χ1n) is 9.80. The van der Waals surface area contributed by atoms with E-state index in [0.717, 1.165) is 18.4 Å². The fraction of sp³-hybridized carbons (Fsp3) is 0.571. The number of aromatic nitrogens is 2. The van der Waals surface area contributed by atoms with Crippen molar-refractivity contribution in [1.82, 2.24) is 9.61 Å². The first-order valence-corrected chi connectivity index (χ1v) is 9.80. The molecule has 0 spiro atoms. The van der Waals surface area contributed by atoms with Crippen LogP contribution in [-0.4, -0.2) is 27.5 Å². The highest BCUT2D eigenvalue weighted by atomic mass is 16.2. The molecule has 7 nitrogen and oxygen atoms in total. The van der Waals surface area contributed by atoms with Gasteiger partial charge in [-0.3, -0.25) is 9.59 Å². The molecule has 28 heavy (non-hydrogen) atoms. The summed E-state index contributed by atoms with van der Waals surface area (Å²) in [4.78, 5) is 24.4. The number of primary amides is 1. The molecular weight excluding hydrogens is 354 g/mol. The van der Waals surface area contributed by atoms with Crippen LogP contribution in [0.3, 0.4) is 0 Å². The van der Waals surface area contributed by atoms with Crippen molar-refractivity contribution in [2.24, 2.45) is 22.5 Å². The maximum atomic E-state index is 12.3. The molecule has 1 aliphatic rings. The van der Waals surface area contributed by atoms with E-state index in [0.29, 0.717) is 22.9 Å². The average Bonchev–Trinajstić information content (AvgIpc) is 3.09. The molecule has 0 bridgehead atoms. The predicted molar refractivity (Wildman–Crippen MR) is 111 cm³/mol. The van der Waals surface area contributed by atoms with Crippen molar-refractivity contribution in [2.45, 2.75) is 60.4 Å². The second-order valence-electron chi connectivity index (χ2n) is 9.56. The zero-order chi connectivity index (χ0) is 20.9. The zero-order valence-electron chi connectivity index (χ0n) is 17.6. The molecule has 1 saturated carbocycles. The van der Waals surface area contributed by atoms with Crippen molar-refractivity contribution in [3.63, 3.8) is 0 Å². The molecule has 1 fully saturated rings. The number of nitrogens with two attached hydrogens (primary N) is 1. The third-order valence-electron chi connectivity index (χ3n) is 6.22. The Bertz CT molecular complexity index is 923. The van der Waals surface area contributed by atoms with E-state index in [9.17, 15) is 9.59 Å². The maximum Gasteiger partial charge on any atom is 0.252 e. The van der Waals surface area contributed by atoms with Crippen molar-refractivity contribution < 1.29 is 9.59 Å². The fourth-order valence-corrected chi connectivity index (χ4v) is 3.72. The minimum Gasteiger partial charge on any atom is -0.379 e. The second-order valence-corrected chi connectivity index (χ2v) is 9.56. The number of hydrogen-bond donors (Lipinski definition) is 3. The van der Waals surface area contributed by atoms with Gasteiger partial charge in [0.2, 0.25) is 5.91 Å². The summed E-state index contributed by atoms with van der Waals surface area (Å²) in [5.74, 6) is -0.0325. The van der Waals surface area contributed by atoms with Crippen molar-refractivity contribution in [1.29, 1.82) is 0 Å². The Kier molecular flexibility index (Phi) is 4.89. The van der Waals surface area contributed by atoms with Crippen LogP contribution in [0.4, 0.5) is 11.4 Å². The van der Waals surface area contributed by atoms with Crippen molar-refractivity contribution >= 4 is 28.7 Å². The topological polar surface area (TPSA) is 102 Å². The molecular formula is C21H31N5O2. The van der Waals surface area contributed by atoms with Gasteiger partial charge in [0, 0.05) is 11.5 Å². The number of nitrogens with zero attached hydrogens (tertiary/aromatic N) is 2. The molecule has 0 radical (unpaired) electrons. The normalized spacial score (nSPS) is 21.6. The smallest absolute Gasteiger partial charge is 0.252 e. The van der Waals surface area contributed by atoms with Crippen molar-refractivity contribution in [3.05, 3.63) is 24.0 Å². The predicted octanol–water partition coefficient (Wildman–Crippen LogP) is 3.65. The molecule has 0 saturated heterocycles. The number of nitrogens with one attached hydrogen (secondary N) is 2. The van der Waals surface area contributed by atoms with Gasteiger partial charge in [0.25, 0.3) is 5.91 Å². The average molecular weight is 386 g/mol. The van der Waals surface area contributed by atoms with Crippen LogP contribution in [0.1, 0.15) is 64.7 Å². The summed E-state index contributed by atoms with van der Waals surface area (Å²) in [7, 11) is 0. The summed E-state index contributed by atoms with van der Waals surface area (Å²) in [5, 5.41) is 10.8. The van der Waals surface area contributed by atoms with E-state index >= 15 is 0 Å². The fourth-order valence-electron chi connectivity index (χ4n) is 3.72. The molecule has 3 rings (SSSR count). The summed E-state index contributed by atoms with van der Waals surface area (Å²) < 4.78 is 1.67. The Morgan fingerprint density at radius 3 is 2.50 bits per heavy atom. The quantitative estimate of drug-likeness (QED) is 0.747. The van der Waals surface area contributed by atoms with Gasteiger partial charge in [0.1, 0.15) is 0 Å². The summed E-state index contributed by atoms with van der Waals surface area (Å²) in [6, 6.07) is 2.05. The largest absolute Gasteiger partial charge is 0.379 e. The number of anilines is 2. The monoisotopic (exact) mass is 385 g/mol. The lowest BCUT2D eigenvalue weighted by Gasteiger charge is -2.33. The minimum atomic E-state index is -0.525. The van der Waals surface area contributed by atoms with Gasteiger partial charge in [-0.05, 0) is 30.2 Å². The van der Waals surface area contributed by atoms with Gasteiger partial charge >= 0.3 is 0 Å². The number of carbonyl (C=O) groups is 2. The van der Waals surface area contributed by atoms with Crippen LogP contribution in [-0.2, 0) is 4.79 Å². The van der Waals surface area contributed by atoms with Crippen LogP contribution in [0, 0.1) is 16.7 Å². The second kappa shape index (κ2) is 6.79. The lowest BCUT2D eigenvalue weighted by Crippen LogP contribution is -2.35. The summed E-state index contributed by atoms with van der Waals surface area (Å²) in [6.07, 6.45) is 5.39. The van der Waals surface area contributed by atoms with Gasteiger partial charge in [-0.2, -0.15) is 5.10 Å². The maximum absolute atomic E-state index is 12.3. The van der Waals surface area contributed by atoms with Gasteiger partial charge in [-0.25, -0.2) is 4.52 Å². The molecule has 2 aromatic rings. The Balaban J connectivity index is 2.02. The molecule has 2 atom stereocenters. The van der Waals surface area contributed by atoms with Crippen molar-refractivity contribution in [3.8, 4) is 0 Å². The van der Waals surface area contributed by atoms with Crippen LogP contribution in [0.5, 0.6) is 0 Å². The van der Waals surface area contributed by atoms with Crippen LogP contribution in [0.15, 0.2) is 18.5 Å². The molecule has 0 aromatic carbocycles. The van der Waals surface area contributed by atoms with E-state index in [1.165, 1.54) is 6.20 Å². The molecule has 152 valence electrons. The first-order chi connectivity index (χ1) is 12.9.